The van der Waals surface area contributed by atoms with E-state index >= 15 is 0 Å². The molecular weight excluding hydrogens is 300 g/mol. The van der Waals surface area contributed by atoms with Crippen molar-refractivity contribution < 1.29 is 29.0 Å². The van der Waals surface area contributed by atoms with Gasteiger partial charge >= 0.3 is 17.9 Å². The second kappa shape index (κ2) is 5.37. The van der Waals surface area contributed by atoms with E-state index in [4.69, 9.17) is 14.6 Å². The van der Waals surface area contributed by atoms with Crippen LogP contribution in [0.15, 0.2) is 24.3 Å². The molecule has 3 rings (SSSR count). The van der Waals surface area contributed by atoms with Gasteiger partial charge in [0.05, 0.1) is 16.5 Å². The molecule has 0 amide bonds. The van der Waals surface area contributed by atoms with Gasteiger partial charge < -0.3 is 14.6 Å². The number of rotatable bonds is 6. The van der Waals surface area contributed by atoms with Crippen LogP contribution in [0.4, 0.5) is 0 Å². The monoisotopic (exact) mass is 318 g/mol. The molecule has 0 saturated heterocycles. The number of carbonyl (C=O) groups excluding carboxylic acids is 2. The second-order valence-corrected chi connectivity index (χ2v) is 6.40. The topological polar surface area (TPSA) is 89.9 Å². The average Bonchev–Trinajstić information content (AvgIpc) is 3.42. The first-order valence-electron chi connectivity index (χ1n) is 7.56. The summed E-state index contributed by atoms with van der Waals surface area (Å²) in [6.07, 6.45) is 0.453. The van der Waals surface area contributed by atoms with Crippen molar-refractivity contribution in [3.05, 3.63) is 35.4 Å². The largest absolute Gasteiger partial charge is 0.478 e. The predicted octanol–water partition coefficient (Wildman–Crippen LogP) is 2.13. The number of hydrogen-bond donors (Lipinski definition) is 1. The quantitative estimate of drug-likeness (QED) is 0.808. The molecule has 2 fully saturated rings. The molecule has 6 heteroatoms. The van der Waals surface area contributed by atoms with E-state index in [1.165, 1.54) is 18.2 Å². The minimum atomic E-state index is -1.20. The molecule has 0 aromatic heterocycles. The number of ether oxygens (including phenoxy) is 2. The number of hydrogen-bond acceptors (Lipinski definition) is 5. The van der Waals surface area contributed by atoms with Gasteiger partial charge in [-0.1, -0.05) is 12.1 Å². The Labute approximate surface area is 133 Å². The highest BCUT2D eigenvalue weighted by molar-refractivity contribution is 6.02. The Balaban J connectivity index is 1.53. The van der Waals surface area contributed by atoms with Crippen LogP contribution in [0.25, 0.3) is 0 Å². The van der Waals surface area contributed by atoms with E-state index in [0.29, 0.717) is 11.8 Å². The summed E-state index contributed by atoms with van der Waals surface area (Å²) < 4.78 is 10.4. The Morgan fingerprint density at radius 1 is 1.26 bits per heavy atom. The highest BCUT2D eigenvalue weighted by Gasteiger charge is 2.78. The van der Waals surface area contributed by atoms with Crippen molar-refractivity contribution in [3.8, 4) is 0 Å². The van der Waals surface area contributed by atoms with Crippen LogP contribution in [0.3, 0.4) is 0 Å². The normalized spacial score (nSPS) is 28.3. The van der Waals surface area contributed by atoms with E-state index in [0.717, 1.165) is 6.42 Å². The van der Waals surface area contributed by atoms with E-state index in [9.17, 15) is 14.4 Å². The summed E-state index contributed by atoms with van der Waals surface area (Å²) in [5, 5.41) is 9.07. The van der Waals surface area contributed by atoms with Crippen LogP contribution in [0.2, 0.25) is 0 Å². The van der Waals surface area contributed by atoms with Crippen molar-refractivity contribution in [3.63, 3.8) is 0 Å². The maximum atomic E-state index is 12.1. The van der Waals surface area contributed by atoms with Crippen molar-refractivity contribution in [2.75, 3.05) is 6.61 Å². The molecule has 0 aliphatic heterocycles. The number of benzene rings is 1. The summed E-state index contributed by atoms with van der Waals surface area (Å²) in [5.41, 5.74) is -0.472. The maximum Gasteiger partial charge on any atom is 0.339 e. The van der Waals surface area contributed by atoms with Gasteiger partial charge in [0.15, 0.2) is 0 Å². The van der Waals surface area contributed by atoms with Crippen molar-refractivity contribution in [1.29, 1.82) is 0 Å². The molecule has 3 unspecified atom stereocenters. The van der Waals surface area contributed by atoms with Gasteiger partial charge in [0.1, 0.15) is 12.7 Å². The fourth-order valence-corrected chi connectivity index (χ4v) is 3.00. The molecule has 2 aliphatic rings. The van der Waals surface area contributed by atoms with Crippen LogP contribution in [0.1, 0.15) is 41.0 Å². The molecule has 122 valence electrons. The third-order valence-electron chi connectivity index (χ3n) is 4.80. The first kappa shape index (κ1) is 15.5. The smallest absolute Gasteiger partial charge is 0.339 e. The summed E-state index contributed by atoms with van der Waals surface area (Å²) in [7, 11) is 0. The highest BCUT2D eigenvalue weighted by Crippen LogP contribution is 2.77. The van der Waals surface area contributed by atoms with Crippen LogP contribution in [-0.4, -0.2) is 35.7 Å². The second-order valence-electron chi connectivity index (χ2n) is 6.40. The molecule has 0 heterocycles. The zero-order valence-electron chi connectivity index (χ0n) is 12.9. The molecule has 1 aromatic carbocycles. The minimum Gasteiger partial charge on any atom is -0.478 e. The maximum absolute atomic E-state index is 12.1. The van der Waals surface area contributed by atoms with Crippen LogP contribution in [0, 0.1) is 17.3 Å². The Morgan fingerprint density at radius 3 is 2.39 bits per heavy atom. The molecule has 6 nitrogen and oxygen atoms in total. The molecule has 1 aromatic rings. The van der Waals surface area contributed by atoms with Crippen molar-refractivity contribution >= 4 is 17.9 Å². The first-order valence-corrected chi connectivity index (χ1v) is 7.56. The SMILES string of the molecule is CC(COC(=O)C1(C)C2CC21)OC(=O)c1ccccc1C(=O)O. The summed E-state index contributed by atoms with van der Waals surface area (Å²) in [6, 6.07) is 5.83. The summed E-state index contributed by atoms with van der Waals surface area (Å²) in [4.78, 5) is 35.1. The van der Waals surface area contributed by atoms with Crippen LogP contribution in [-0.2, 0) is 14.3 Å². The zero-order chi connectivity index (χ0) is 16.8. The van der Waals surface area contributed by atoms with Gasteiger partial charge in [0.25, 0.3) is 0 Å². The van der Waals surface area contributed by atoms with Crippen molar-refractivity contribution in [2.45, 2.75) is 26.4 Å². The minimum absolute atomic E-state index is 0.0198. The Bertz CT molecular complexity index is 671. The standard InChI is InChI=1S/C17H18O6/c1-9(8-22-16(21)17(2)12-7-13(12)17)23-15(20)11-6-4-3-5-10(11)14(18)19/h3-6,9,12-13H,7-8H2,1-2H3,(H,18,19). The summed E-state index contributed by atoms with van der Waals surface area (Å²) in [6.45, 7) is 3.47. The molecule has 0 radical (unpaired) electrons. The fourth-order valence-electron chi connectivity index (χ4n) is 3.00. The molecule has 1 N–H and O–H groups in total. The van der Waals surface area contributed by atoms with Gasteiger partial charge in [-0.2, -0.15) is 0 Å². The van der Waals surface area contributed by atoms with E-state index in [1.54, 1.807) is 13.0 Å². The molecule has 2 aliphatic carbocycles. The van der Waals surface area contributed by atoms with Crippen LogP contribution < -0.4 is 0 Å². The number of carboxylic acid groups (broad SMARTS) is 1. The van der Waals surface area contributed by atoms with Gasteiger partial charge in [-0.05, 0) is 44.2 Å². The lowest BCUT2D eigenvalue weighted by atomic mass is 9.98. The third-order valence-corrected chi connectivity index (χ3v) is 4.80. The van der Waals surface area contributed by atoms with Crippen LogP contribution >= 0.6 is 0 Å². The number of esters is 2. The molecule has 0 spiro atoms. The van der Waals surface area contributed by atoms with E-state index in [2.05, 4.69) is 0 Å². The average molecular weight is 318 g/mol. The fraction of sp³-hybridized carbons (Fsp3) is 0.471. The predicted molar refractivity (Wildman–Crippen MR) is 78.9 cm³/mol. The number of aromatic carboxylic acids is 1. The van der Waals surface area contributed by atoms with Gasteiger partial charge in [-0.15, -0.1) is 0 Å². The van der Waals surface area contributed by atoms with Crippen LogP contribution in [0.5, 0.6) is 0 Å². The number of carbonyl (C=O) groups is 3. The van der Waals surface area contributed by atoms with Crippen molar-refractivity contribution in [1.82, 2.24) is 0 Å². The summed E-state index contributed by atoms with van der Waals surface area (Å²) >= 11 is 0. The van der Waals surface area contributed by atoms with E-state index < -0.39 is 18.0 Å². The van der Waals surface area contributed by atoms with E-state index in [1.807, 2.05) is 6.92 Å². The molecule has 0 bridgehead atoms. The van der Waals surface area contributed by atoms with E-state index in [-0.39, 0.29) is 29.1 Å². The van der Waals surface area contributed by atoms with Crippen molar-refractivity contribution in [2.24, 2.45) is 17.3 Å². The molecule has 3 atom stereocenters. The number of fused-ring (bicyclic) bond motifs is 1. The van der Waals surface area contributed by atoms with Gasteiger partial charge in [0.2, 0.25) is 0 Å². The van der Waals surface area contributed by atoms with Gasteiger partial charge in [-0.25, -0.2) is 9.59 Å². The Hall–Kier alpha value is -2.37. The molecule has 2 saturated carbocycles. The lowest BCUT2D eigenvalue weighted by molar-refractivity contribution is -0.154. The molecule has 23 heavy (non-hydrogen) atoms. The zero-order valence-corrected chi connectivity index (χ0v) is 12.9. The summed E-state index contributed by atoms with van der Waals surface area (Å²) in [5.74, 6) is -1.25. The lowest BCUT2D eigenvalue weighted by Crippen LogP contribution is -2.28. The number of carboxylic acids is 1. The Kier molecular flexibility index (Phi) is 3.62. The lowest BCUT2D eigenvalue weighted by Gasteiger charge is -2.18. The molecular formula is C17H18O6. The Morgan fingerprint density at radius 2 is 1.87 bits per heavy atom. The highest BCUT2D eigenvalue weighted by atomic mass is 16.6. The van der Waals surface area contributed by atoms with Gasteiger partial charge in [-0.3, -0.25) is 4.79 Å². The third kappa shape index (κ3) is 2.69. The first-order chi connectivity index (χ1) is 10.9. The van der Waals surface area contributed by atoms with Gasteiger partial charge in [0, 0.05) is 0 Å².